The predicted molar refractivity (Wildman–Crippen MR) is 119 cm³/mol. The van der Waals surface area contributed by atoms with Crippen LogP contribution >= 0.6 is 31.9 Å². The van der Waals surface area contributed by atoms with E-state index in [9.17, 15) is 4.79 Å². The number of aryl methyl sites for hydroxylation is 1. The van der Waals surface area contributed by atoms with Gasteiger partial charge in [-0.2, -0.15) is 0 Å². The van der Waals surface area contributed by atoms with Crippen molar-refractivity contribution in [2.45, 2.75) is 13.3 Å². The van der Waals surface area contributed by atoms with Crippen LogP contribution in [-0.2, 0) is 11.2 Å². The highest BCUT2D eigenvalue weighted by Gasteiger charge is 2.11. The monoisotopic (exact) mass is 486 g/mol. The van der Waals surface area contributed by atoms with Crippen molar-refractivity contribution < 1.29 is 4.79 Å². The first-order chi connectivity index (χ1) is 13.0. The number of halogens is 2. The lowest BCUT2D eigenvalue weighted by Crippen LogP contribution is -2.22. The molecule has 2 N–H and O–H groups in total. The van der Waals surface area contributed by atoms with Gasteiger partial charge in [-0.3, -0.25) is 4.79 Å². The third-order valence-electron chi connectivity index (χ3n) is 4.15. The van der Waals surface area contributed by atoms with Crippen molar-refractivity contribution in [2.75, 3.05) is 17.2 Å². The van der Waals surface area contributed by atoms with Crippen molar-refractivity contribution in [1.29, 1.82) is 0 Å². The van der Waals surface area contributed by atoms with Crippen LogP contribution in [0.25, 0.3) is 0 Å². The van der Waals surface area contributed by atoms with Gasteiger partial charge in [0.05, 0.1) is 12.2 Å². The smallest absolute Gasteiger partial charge is 0.243 e. The first-order valence-corrected chi connectivity index (χ1v) is 10.2. The summed E-state index contributed by atoms with van der Waals surface area (Å²) < 4.78 is 1.71. The predicted octanol–water partition coefficient (Wildman–Crippen LogP) is 6.16. The molecule has 27 heavy (non-hydrogen) atoms. The van der Waals surface area contributed by atoms with Gasteiger partial charge in [0.2, 0.25) is 5.91 Å². The maximum absolute atomic E-state index is 12.4. The minimum Gasteiger partial charge on any atom is -0.376 e. The van der Waals surface area contributed by atoms with Crippen molar-refractivity contribution in [3.63, 3.8) is 0 Å². The fourth-order valence-corrected chi connectivity index (χ4v) is 4.45. The lowest BCUT2D eigenvalue weighted by Gasteiger charge is -2.14. The highest BCUT2D eigenvalue weighted by Crippen LogP contribution is 2.32. The van der Waals surface area contributed by atoms with Gasteiger partial charge >= 0.3 is 0 Å². The third kappa shape index (κ3) is 5.44. The quantitative estimate of drug-likeness (QED) is 0.437. The molecular formula is C22H20Br2N2O. The molecule has 1 amide bonds. The average Bonchev–Trinajstić information content (AvgIpc) is 2.65. The van der Waals surface area contributed by atoms with Gasteiger partial charge in [-0.05, 0) is 80.1 Å². The number of rotatable bonds is 6. The summed E-state index contributed by atoms with van der Waals surface area (Å²) in [6.07, 6.45) is 0.820. The van der Waals surface area contributed by atoms with E-state index in [2.05, 4.69) is 60.7 Å². The van der Waals surface area contributed by atoms with Gasteiger partial charge < -0.3 is 10.6 Å². The number of para-hydroxylation sites is 1. The molecule has 0 spiro atoms. The molecule has 0 saturated heterocycles. The van der Waals surface area contributed by atoms with Crippen LogP contribution in [0.3, 0.4) is 0 Å². The number of carbonyl (C=O) groups excluding carboxylic acids is 1. The highest BCUT2D eigenvalue weighted by atomic mass is 79.9. The molecule has 0 fully saturated rings. The molecule has 0 aliphatic carbocycles. The number of hydrogen-bond acceptors (Lipinski definition) is 2. The van der Waals surface area contributed by atoms with Crippen LogP contribution in [0.5, 0.6) is 0 Å². The van der Waals surface area contributed by atoms with E-state index in [1.54, 1.807) is 0 Å². The summed E-state index contributed by atoms with van der Waals surface area (Å²) in [4.78, 5) is 12.4. The van der Waals surface area contributed by atoms with Crippen LogP contribution in [0.15, 0.2) is 75.7 Å². The molecule has 5 heteroatoms. The largest absolute Gasteiger partial charge is 0.376 e. The summed E-state index contributed by atoms with van der Waals surface area (Å²) in [5.41, 5.74) is 5.22. The molecule has 0 unspecified atom stereocenters. The van der Waals surface area contributed by atoms with Crippen molar-refractivity contribution in [2.24, 2.45) is 0 Å². The average molecular weight is 488 g/mol. The Kier molecular flexibility index (Phi) is 6.69. The second-order valence-electron chi connectivity index (χ2n) is 6.32. The van der Waals surface area contributed by atoms with Crippen molar-refractivity contribution in [3.05, 3.63) is 92.4 Å². The lowest BCUT2D eigenvalue weighted by molar-refractivity contribution is -0.114. The molecule has 0 bridgehead atoms. The Morgan fingerprint density at radius 2 is 1.56 bits per heavy atom. The first kappa shape index (κ1) is 19.6. The molecule has 0 heterocycles. The number of amides is 1. The summed E-state index contributed by atoms with van der Waals surface area (Å²) in [6.45, 7) is 2.20. The fourth-order valence-electron chi connectivity index (χ4n) is 2.84. The van der Waals surface area contributed by atoms with E-state index < -0.39 is 0 Å². The van der Waals surface area contributed by atoms with Gasteiger partial charge in [0.15, 0.2) is 0 Å². The zero-order chi connectivity index (χ0) is 19.2. The number of hydrogen-bond donors (Lipinski definition) is 2. The van der Waals surface area contributed by atoms with Gasteiger partial charge in [0.25, 0.3) is 0 Å². The van der Waals surface area contributed by atoms with Crippen molar-refractivity contribution >= 4 is 49.1 Å². The Bertz CT molecular complexity index is 919. The second-order valence-corrected chi connectivity index (χ2v) is 8.03. The molecule has 0 saturated carbocycles. The minimum absolute atomic E-state index is 0.102. The summed E-state index contributed by atoms with van der Waals surface area (Å²) in [5.74, 6) is -0.102. The van der Waals surface area contributed by atoms with Crippen LogP contribution < -0.4 is 10.6 Å². The van der Waals surface area contributed by atoms with Crippen molar-refractivity contribution in [1.82, 2.24) is 0 Å². The topological polar surface area (TPSA) is 41.1 Å². The standard InChI is InChI=1S/C22H20Br2N2O/c1-15-11-18(23)22(19(24)12-15)26-21(27)14-25-20-10-6-5-9-17(20)13-16-7-3-2-4-8-16/h2-12,25H,13-14H2,1H3,(H,26,27). The van der Waals surface area contributed by atoms with E-state index in [-0.39, 0.29) is 12.5 Å². The minimum atomic E-state index is -0.102. The van der Waals surface area contributed by atoms with E-state index >= 15 is 0 Å². The number of nitrogens with one attached hydrogen (secondary N) is 2. The molecule has 0 aliphatic rings. The molecule has 0 radical (unpaired) electrons. The van der Waals surface area contributed by atoms with Crippen LogP contribution in [0, 0.1) is 6.92 Å². The molecule has 138 valence electrons. The molecular weight excluding hydrogens is 468 g/mol. The maximum atomic E-state index is 12.4. The summed E-state index contributed by atoms with van der Waals surface area (Å²) in [5, 5.41) is 6.21. The Labute approximate surface area is 176 Å². The van der Waals surface area contributed by atoms with E-state index in [1.165, 1.54) is 5.56 Å². The Morgan fingerprint density at radius 3 is 2.26 bits per heavy atom. The molecule has 0 aromatic heterocycles. The summed E-state index contributed by atoms with van der Waals surface area (Å²) in [7, 11) is 0. The first-order valence-electron chi connectivity index (χ1n) is 8.64. The van der Waals surface area contributed by atoms with Crippen molar-refractivity contribution in [3.8, 4) is 0 Å². The normalized spacial score (nSPS) is 10.5. The SMILES string of the molecule is Cc1cc(Br)c(NC(=O)CNc2ccccc2Cc2ccccc2)c(Br)c1. The lowest BCUT2D eigenvalue weighted by atomic mass is 10.0. The van der Waals surface area contributed by atoms with Crippen LogP contribution in [0.2, 0.25) is 0 Å². The van der Waals surface area contributed by atoms with Gasteiger partial charge in [-0.25, -0.2) is 0 Å². The second kappa shape index (κ2) is 9.20. The Hall–Kier alpha value is -2.11. The highest BCUT2D eigenvalue weighted by molar-refractivity contribution is 9.11. The molecule has 3 rings (SSSR count). The number of benzene rings is 3. The maximum Gasteiger partial charge on any atom is 0.243 e. The van der Waals surface area contributed by atoms with Crippen LogP contribution in [0.1, 0.15) is 16.7 Å². The third-order valence-corrected chi connectivity index (χ3v) is 5.40. The molecule has 0 atom stereocenters. The van der Waals surface area contributed by atoms with E-state index in [0.29, 0.717) is 0 Å². The molecule has 3 aromatic rings. The zero-order valence-corrected chi connectivity index (χ0v) is 18.1. The Morgan fingerprint density at radius 1 is 0.926 bits per heavy atom. The summed E-state index contributed by atoms with van der Waals surface area (Å²) in [6, 6.07) is 22.3. The molecule has 3 nitrogen and oxygen atoms in total. The van der Waals surface area contributed by atoms with Crippen LogP contribution in [0.4, 0.5) is 11.4 Å². The van der Waals surface area contributed by atoms with Gasteiger partial charge in [0.1, 0.15) is 0 Å². The van der Waals surface area contributed by atoms with E-state index in [4.69, 9.17) is 0 Å². The van der Waals surface area contributed by atoms with Gasteiger partial charge in [-0.1, -0.05) is 48.5 Å². The zero-order valence-electron chi connectivity index (χ0n) is 14.9. The fraction of sp³-hybridized carbons (Fsp3) is 0.136. The van der Waals surface area contributed by atoms with Gasteiger partial charge in [0, 0.05) is 14.6 Å². The summed E-state index contributed by atoms with van der Waals surface area (Å²) >= 11 is 7.01. The van der Waals surface area contributed by atoms with Gasteiger partial charge in [-0.15, -0.1) is 0 Å². The van der Waals surface area contributed by atoms with E-state index in [1.807, 2.05) is 55.5 Å². The molecule has 3 aromatic carbocycles. The number of anilines is 2. The Balaban J connectivity index is 1.66. The van der Waals surface area contributed by atoms with E-state index in [0.717, 1.165) is 37.9 Å². The van der Waals surface area contributed by atoms with Crippen LogP contribution in [-0.4, -0.2) is 12.5 Å². The molecule has 0 aliphatic heterocycles. The number of carbonyl (C=O) groups is 1.